The summed E-state index contributed by atoms with van der Waals surface area (Å²) in [6.07, 6.45) is -0.125. The Balaban J connectivity index is 1.94. The molecule has 1 fully saturated rings. The van der Waals surface area contributed by atoms with Crippen molar-refractivity contribution in [3.63, 3.8) is 0 Å². The van der Waals surface area contributed by atoms with E-state index in [1.807, 2.05) is 13.8 Å². The quantitative estimate of drug-likeness (QED) is 0.223. The van der Waals surface area contributed by atoms with Crippen molar-refractivity contribution in [1.82, 2.24) is 0 Å². The number of amides is 1. The number of halogens is 2. The largest absolute Gasteiger partial charge is 0.507 e. The third-order valence-corrected chi connectivity index (χ3v) is 5.99. The van der Waals surface area contributed by atoms with Crippen LogP contribution in [0, 0.1) is 5.82 Å². The molecule has 0 aromatic heterocycles. The fourth-order valence-electron chi connectivity index (χ4n) is 4.17. The first-order valence-electron chi connectivity index (χ1n) is 11.6. The number of benzene rings is 3. The zero-order valence-electron chi connectivity index (χ0n) is 20.4. The number of aliphatic hydroxyl groups is 1. The van der Waals surface area contributed by atoms with Crippen LogP contribution in [0.25, 0.3) is 5.76 Å². The average molecular weight is 526 g/mol. The number of hydrogen-bond donors (Lipinski definition) is 2. The van der Waals surface area contributed by atoms with Crippen LogP contribution in [0.1, 0.15) is 37.9 Å². The average Bonchev–Trinajstić information content (AvgIpc) is 3.12. The molecule has 7 nitrogen and oxygen atoms in total. The van der Waals surface area contributed by atoms with E-state index in [1.165, 1.54) is 30.3 Å². The summed E-state index contributed by atoms with van der Waals surface area (Å²) < 4.78 is 25.1. The van der Waals surface area contributed by atoms with E-state index in [1.54, 1.807) is 31.2 Å². The van der Waals surface area contributed by atoms with Crippen LogP contribution in [0.2, 0.25) is 5.02 Å². The first-order valence-corrected chi connectivity index (χ1v) is 12.0. The number of hydrogen-bond acceptors (Lipinski definition) is 6. The molecular formula is C28H25ClFNO6. The lowest BCUT2D eigenvalue weighted by molar-refractivity contribution is -0.132. The first kappa shape index (κ1) is 26.0. The lowest BCUT2D eigenvalue weighted by Gasteiger charge is -2.26. The Bertz CT molecular complexity index is 1400. The summed E-state index contributed by atoms with van der Waals surface area (Å²) in [6.45, 7) is 5.71. The highest BCUT2D eigenvalue weighted by atomic mass is 35.5. The van der Waals surface area contributed by atoms with Crippen molar-refractivity contribution in [2.45, 2.75) is 32.9 Å². The number of aromatic hydroxyl groups is 1. The van der Waals surface area contributed by atoms with Gasteiger partial charge in [-0.05, 0) is 68.8 Å². The van der Waals surface area contributed by atoms with Crippen LogP contribution in [0.15, 0.2) is 66.2 Å². The molecule has 3 aromatic rings. The Morgan fingerprint density at radius 2 is 1.86 bits per heavy atom. The minimum absolute atomic E-state index is 0.125. The maximum absolute atomic E-state index is 13.9. The highest BCUT2D eigenvalue weighted by Crippen LogP contribution is 2.44. The Morgan fingerprint density at radius 1 is 1.11 bits per heavy atom. The van der Waals surface area contributed by atoms with Gasteiger partial charge in [0.15, 0.2) is 11.5 Å². The molecule has 1 unspecified atom stereocenters. The lowest BCUT2D eigenvalue weighted by atomic mass is 9.94. The van der Waals surface area contributed by atoms with E-state index in [0.29, 0.717) is 11.3 Å². The molecule has 0 radical (unpaired) electrons. The minimum Gasteiger partial charge on any atom is -0.507 e. The van der Waals surface area contributed by atoms with E-state index < -0.39 is 29.3 Å². The molecule has 3 aromatic carbocycles. The summed E-state index contributed by atoms with van der Waals surface area (Å²) in [5, 5.41) is 21.3. The van der Waals surface area contributed by atoms with Crippen LogP contribution in [-0.2, 0) is 9.59 Å². The highest BCUT2D eigenvalue weighted by molar-refractivity contribution is 6.51. The van der Waals surface area contributed by atoms with Crippen LogP contribution in [-0.4, -0.2) is 34.6 Å². The van der Waals surface area contributed by atoms with Crippen LogP contribution in [0.3, 0.4) is 0 Å². The van der Waals surface area contributed by atoms with Crippen LogP contribution in [0.4, 0.5) is 10.1 Å². The van der Waals surface area contributed by atoms with Gasteiger partial charge in [-0.1, -0.05) is 29.8 Å². The van der Waals surface area contributed by atoms with Crippen molar-refractivity contribution in [1.29, 1.82) is 0 Å². The van der Waals surface area contributed by atoms with E-state index in [-0.39, 0.29) is 46.1 Å². The van der Waals surface area contributed by atoms with Gasteiger partial charge in [0.25, 0.3) is 11.7 Å². The van der Waals surface area contributed by atoms with Crippen LogP contribution >= 0.6 is 11.6 Å². The molecule has 0 bridgehead atoms. The molecule has 0 spiro atoms. The van der Waals surface area contributed by atoms with Gasteiger partial charge in [-0.15, -0.1) is 0 Å². The van der Waals surface area contributed by atoms with Gasteiger partial charge < -0.3 is 19.7 Å². The van der Waals surface area contributed by atoms with Gasteiger partial charge in [-0.2, -0.15) is 0 Å². The molecule has 1 aliphatic heterocycles. The third kappa shape index (κ3) is 5.11. The summed E-state index contributed by atoms with van der Waals surface area (Å²) in [5.41, 5.74) is 0.597. The molecular weight excluding hydrogens is 501 g/mol. The van der Waals surface area contributed by atoms with Gasteiger partial charge in [0.2, 0.25) is 0 Å². The number of anilines is 1. The fraction of sp³-hybridized carbons (Fsp3) is 0.214. The maximum atomic E-state index is 13.9. The van der Waals surface area contributed by atoms with Crippen LogP contribution in [0.5, 0.6) is 17.2 Å². The molecule has 0 aliphatic carbocycles. The number of carbonyl (C=O) groups is 2. The number of rotatable bonds is 7. The summed E-state index contributed by atoms with van der Waals surface area (Å²) >= 11 is 5.98. The van der Waals surface area contributed by atoms with Gasteiger partial charge in [-0.25, -0.2) is 4.39 Å². The van der Waals surface area contributed by atoms with Gasteiger partial charge in [-0.3, -0.25) is 14.5 Å². The van der Waals surface area contributed by atoms with Gasteiger partial charge >= 0.3 is 0 Å². The number of aliphatic hydroxyl groups excluding tert-OH is 1. The second-order valence-corrected chi connectivity index (χ2v) is 9.03. The number of phenols is 1. The van der Waals surface area contributed by atoms with Crippen molar-refractivity contribution < 1.29 is 33.7 Å². The third-order valence-electron chi connectivity index (χ3n) is 5.70. The Morgan fingerprint density at radius 3 is 2.54 bits per heavy atom. The van der Waals surface area contributed by atoms with E-state index in [0.717, 1.165) is 11.0 Å². The molecule has 1 atom stereocenters. The zero-order valence-corrected chi connectivity index (χ0v) is 21.1. The van der Waals surface area contributed by atoms with Gasteiger partial charge in [0.1, 0.15) is 17.3 Å². The number of phenolic OH excluding ortho intramolecular Hbond substituents is 1. The predicted molar refractivity (Wildman–Crippen MR) is 138 cm³/mol. The van der Waals surface area contributed by atoms with E-state index in [2.05, 4.69) is 0 Å². The van der Waals surface area contributed by atoms with Crippen molar-refractivity contribution >= 4 is 34.7 Å². The van der Waals surface area contributed by atoms with Crippen molar-refractivity contribution in [2.75, 3.05) is 11.5 Å². The number of carbonyl (C=O) groups excluding carboxylic acids is 2. The van der Waals surface area contributed by atoms with E-state index in [9.17, 15) is 24.2 Å². The standard InChI is InChI=1S/C28H25ClFNO6/c1-4-36-23-13-16(8-11-22(23)32)25-24(26(33)17-6-5-7-19(12-17)37-15(2)3)27(34)28(35)31(25)18-9-10-21(30)20(29)14-18/h5-15,25,32-33H,4H2,1-3H3/b26-24+. The molecule has 2 N–H and O–H groups in total. The molecule has 1 amide bonds. The van der Waals surface area contributed by atoms with E-state index >= 15 is 0 Å². The number of Topliss-reactive ketones (excluding diaryl/α,β-unsaturated/α-hetero) is 1. The summed E-state index contributed by atoms with van der Waals surface area (Å²) in [4.78, 5) is 27.8. The first-order chi connectivity index (χ1) is 17.6. The monoisotopic (exact) mass is 525 g/mol. The molecule has 0 saturated carbocycles. The highest BCUT2D eigenvalue weighted by Gasteiger charge is 2.47. The number of ether oxygens (including phenoxy) is 2. The smallest absolute Gasteiger partial charge is 0.300 e. The molecule has 192 valence electrons. The number of nitrogens with zero attached hydrogens (tertiary/aromatic N) is 1. The Labute approximate surface area is 218 Å². The maximum Gasteiger partial charge on any atom is 0.300 e. The topological polar surface area (TPSA) is 96.3 Å². The summed E-state index contributed by atoms with van der Waals surface area (Å²) in [6, 6.07) is 13.4. The van der Waals surface area contributed by atoms with Crippen molar-refractivity contribution in [3.05, 3.63) is 88.2 Å². The SMILES string of the molecule is CCOc1cc(C2/C(=C(\O)c3cccc(OC(C)C)c3)C(=O)C(=O)N2c2ccc(F)c(Cl)c2)ccc1O. The second kappa shape index (κ2) is 10.5. The minimum atomic E-state index is -1.13. The number of ketones is 1. The zero-order chi connectivity index (χ0) is 26.9. The molecule has 4 rings (SSSR count). The fourth-order valence-corrected chi connectivity index (χ4v) is 4.34. The van der Waals surface area contributed by atoms with Crippen LogP contribution < -0.4 is 14.4 Å². The van der Waals surface area contributed by atoms with Gasteiger partial charge in [0, 0.05) is 11.3 Å². The Kier molecular flexibility index (Phi) is 7.40. The normalized spacial score (nSPS) is 16.9. The van der Waals surface area contributed by atoms with Gasteiger partial charge in [0.05, 0.1) is 29.3 Å². The Hall–Kier alpha value is -4.04. The molecule has 37 heavy (non-hydrogen) atoms. The lowest BCUT2D eigenvalue weighted by Crippen LogP contribution is -2.29. The predicted octanol–water partition coefficient (Wildman–Crippen LogP) is 6.00. The molecule has 1 saturated heterocycles. The second-order valence-electron chi connectivity index (χ2n) is 8.62. The van der Waals surface area contributed by atoms with Crippen molar-refractivity contribution in [2.24, 2.45) is 0 Å². The van der Waals surface area contributed by atoms with E-state index in [4.69, 9.17) is 21.1 Å². The molecule has 9 heteroatoms. The summed E-state index contributed by atoms with van der Waals surface area (Å²) in [7, 11) is 0. The molecule has 1 heterocycles. The molecule has 1 aliphatic rings. The summed E-state index contributed by atoms with van der Waals surface area (Å²) in [5.74, 6) is -2.51. The van der Waals surface area contributed by atoms with Crippen molar-refractivity contribution in [3.8, 4) is 17.2 Å².